The number of carbonyl (C=O) groups excluding carboxylic acids is 2. The van der Waals surface area contributed by atoms with Crippen molar-refractivity contribution >= 4 is 27.6 Å². The average Bonchev–Trinajstić information content (AvgIpc) is 3.29. The van der Waals surface area contributed by atoms with Crippen LogP contribution in [0.3, 0.4) is 0 Å². The molecule has 0 aliphatic heterocycles. The number of amides is 3. The molecule has 2 aliphatic carbocycles. The molecule has 2 aliphatic rings. The molecule has 0 spiro atoms. The van der Waals surface area contributed by atoms with E-state index in [4.69, 9.17) is 0 Å². The Balaban J connectivity index is 1.65. The van der Waals surface area contributed by atoms with Crippen molar-refractivity contribution in [2.75, 3.05) is 24.2 Å². The minimum atomic E-state index is -3.88. The molecule has 1 aromatic rings. The van der Waals surface area contributed by atoms with Crippen LogP contribution in [0, 0.1) is 0 Å². The summed E-state index contributed by atoms with van der Waals surface area (Å²) in [4.78, 5) is 26.0. The number of hydrogen-bond donors (Lipinski definition) is 2. The zero-order chi connectivity index (χ0) is 20.3. The highest BCUT2D eigenvalue weighted by Crippen LogP contribution is 2.38. The van der Waals surface area contributed by atoms with E-state index in [2.05, 4.69) is 16.1 Å². The van der Waals surface area contributed by atoms with Gasteiger partial charge in [0, 0.05) is 25.2 Å². The number of urea groups is 1. The molecule has 7 nitrogen and oxygen atoms in total. The van der Waals surface area contributed by atoms with Crippen LogP contribution in [-0.2, 0) is 40.5 Å². The second kappa shape index (κ2) is 8.51. The second-order valence-electron chi connectivity index (χ2n) is 7.43. The van der Waals surface area contributed by atoms with E-state index in [1.54, 1.807) is 4.90 Å². The summed E-state index contributed by atoms with van der Waals surface area (Å²) < 4.78 is 26.6. The van der Waals surface area contributed by atoms with E-state index >= 15 is 0 Å². The molecule has 0 fully saturated rings. The van der Waals surface area contributed by atoms with Gasteiger partial charge < -0.3 is 10.2 Å². The molecule has 0 bridgehead atoms. The van der Waals surface area contributed by atoms with Crippen LogP contribution in [0.2, 0.25) is 0 Å². The molecule has 0 unspecified atom stereocenters. The molecule has 0 atom stereocenters. The lowest BCUT2D eigenvalue weighted by Gasteiger charge is -2.19. The topological polar surface area (TPSA) is 95.6 Å². The minimum Gasteiger partial charge on any atom is -0.343 e. The maximum atomic E-state index is 12.4. The fourth-order valence-corrected chi connectivity index (χ4v) is 5.13. The summed E-state index contributed by atoms with van der Waals surface area (Å²) in [5.74, 6) is -0.629. The number of hydrogen-bond acceptors (Lipinski definition) is 4. The van der Waals surface area contributed by atoms with Gasteiger partial charge in [-0.3, -0.25) is 4.79 Å². The summed E-state index contributed by atoms with van der Waals surface area (Å²) in [5, 5.41) is 2.81. The van der Waals surface area contributed by atoms with Gasteiger partial charge in [-0.15, -0.1) is 0 Å². The fourth-order valence-electron chi connectivity index (χ4n) is 4.25. The number of carbonyl (C=O) groups is 2. The lowest BCUT2D eigenvalue weighted by Crippen LogP contribution is -2.38. The van der Waals surface area contributed by atoms with Crippen molar-refractivity contribution in [3.63, 3.8) is 0 Å². The predicted octanol–water partition coefficient (Wildman–Crippen LogP) is 2.37. The zero-order valence-corrected chi connectivity index (χ0v) is 17.5. The number of nitrogens with zero attached hydrogens (tertiary/aromatic N) is 1. The smallest absolute Gasteiger partial charge is 0.332 e. The van der Waals surface area contributed by atoms with Gasteiger partial charge >= 0.3 is 6.03 Å². The SMILES string of the molecule is CCN(CC)C(=O)CCS(=O)(=O)NC(=O)Nc1c2c(cc3c1CCC3)CCC2. The summed E-state index contributed by atoms with van der Waals surface area (Å²) in [5.41, 5.74) is 5.62. The van der Waals surface area contributed by atoms with Crippen molar-refractivity contribution < 1.29 is 18.0 Å². The Morgan fingerprint density at radius 3 is 2.11 bits per heavy atom. The highest BCUT2D eigenvalue weighted by atomic mass is 32.2. The summed E-state index contributed by atoms with van der Waals surface area (Å²) >= 11 is 0. The number of anilines is 1. The Labute approximate surface area is 166 Å². The van der Waals surface area contributed by atoms with Crippen molar-refractivity contribution in [1.82, 2.24) is 9.62 Å². The standard InChI is InChI=1S/C20H29N3O4S/c1-3-23(4-2)18(24)11-12-28(26,27)22-20(25)21-19-16-9-5-7-14(16)13-15-8-6-10-17(15)19/h13H,3-12H2,1-2H3,(H2,21,22,25). The first-order valence-corrected chi connectivity index (χ1v) is 11.8. The third kappa shape index (κ3) is 4.48. The number of aryl methyl sites for hydroxylation is 2. The number of benzene rings is 1. The van der Waals surface area contributed by atoms with Gasteiger partial charge in [-0.1, -0.05) is 6.07 Å². The molecule has 0 saturated carbocycles. The normalized spacial score (nSPS) is 15.1. The Morgan fingerprint density at radius 1 is 1.00 bits per heavy atom. The van der Waals surface area contributed by atoms with E-state index in [1.807, 2.05) is 13.8 Å². The molecule has 0 aromatic heterocycles. The Hall–Kier alpha value is -2.09. The third-order valence-corrected chi connectivity index (χ3v) is 6.90. The highest BCUT2D eigenvalue weighted by molar-refractivity contribution is 7.90. The largest absolute Gasteiger partial charge is 0.343 e. The maximum absolute atomic E-state index is 12.4. The van der Waals surface area contributed by atoms with Gasteiger partial charge in [0.25, 0.3) is 0 Å². The van der Waals surface area contributed by atoms with Gasteiger partial charge in [-0.05, 0) is 74.6 Å². The Kier molecular flexibility index (Phi) is 6.27. The van der Waals surface area contributed by atoms with E-state index in [9.17, 15) is 18.0 Å². The van der Waals surface area contributed by atoms with E-state index in [0.717, 1.165) is 55.3 Å². The molecular formula is C20H29N3O4S. The van der Waals surface area contributed by atoms with E-state index in [0.29, 0.717) is 13.1 Å². The van der Waals surface area contributed by atoms with Gasteiger partial charge in [0.05, 0.1) is 5.75 Å². The van der Waals surface area contributed by atoms with Crippen LogP contribution in [0.1, 0.15) is 55.4 Å². The Morgan fingerprint density at radius 2 is 1.57 bits per heavy atom. The number of rotatable bonds is 7. The molecular weight excluding hydrogens is 378 g/mol. The predicted molar refractivity (Wildman–Crippen MR) is 109 cm³/mol. The highest BCUT2D eigenvalue weighted by Gasteiger charge is 2.26. The summed E-state index contributed by atoms with van der Waals surface area (Å²) in [7, 11) is -3.88. The van der Waals surface area contributed by atoms with Gasteiger partial charge in [-0.2, -0.15) is 0 Å². The van der Waals surface area contributed by atoms with Gasteiger partial charge in [0.2, 0.25) is 15.9 Å². The fraction of sp³-hybridized carbons (Fsp3) is 0.600. The van der Waals surface area contributed by atoms with Crippen molar-refractivity contribution in [1.29, 1.82) is 0 Å². The van der Waals surface area contributed by atoms with Crippen LogP contribution in [0.15, 0.2) is 6.07 Å². The Bertz CT molecular complexity index is 844. The van der Waals surface area contributed by atoms with Crippen molar-refractivity contribution in [3.05, 3.63) is 28.3 Å². The molecule has 0 heterocycles. The molecule has 3 rings (SSSR count). The molecule has 154 valence electrons. The first-order chi connectivity index (χ1) is 13.3. The lowest BCUT2D eigenvalue weighted by molar-refractivity contribution is -0.130. The van der Waals surface area contributed by atoms with Gasteiger partial charge in [0.15, 0.2) is 0 Å². The molecule has 0 radical (unpaired) electrons. The van der Waals surface area contributed by atoms with Gasteiger partial charge in [-0.25, -0.2) is 17.9 Å². The van der Waals surface area contributed by atoms with Crippen LogP contribution in [0.25, 0.3) is 0 Å². The van der Waals surface area contributed by atoms with Crippen LogP contribution in [0.5, 0.6) is 0 Å². The number of nitrogens with one attached hydrogen (secondary N) is 2. The zero-order valence-electron chi connectivity index (χ0n) is 16.6. The molecule has 1 aromatic carbocycles. The monoisotopic (exact) mass is 407 g/mol. The molecule has 2 N–H and O–H groups in total. The van der Waals surface area contributed by atoms with Crippen molar-refractivity contribution in [3.8, 4) is 0 Å². The lowest BCUT2D eigenvalue weighted by atomic mass is 9.99. The maximum Gasteiger partial charge on any atom is 0.332 e. The first-order valence-electron chi connectivity index (χ1n) is 10.1. The summed E-state index contributed by atoms with van der Waals surface area (Å²) in [6, 6.07) is 1.51. The summed E-state index contributed by atoms with van der Waals surface area (Å²) in [6.45, 7) is 4.76. The van der Waals surface area contributed by atoms with Crippen LogP contribution in [-0.4, -0.2) is 44.1 Å². The average molecular weight is 408 g/mol. The van der Waals surface area contributed by atoms with E-state index in [1.165, 1.54) is 11.1 Å². The van der Waals surface area contributed by atoms with Crippen molar-refractivity contribution in [2.24, 2.45) is 0 Å². The number of sulfonamides is 1. The molecule has 28 heavy (non-hydrogen) atoms. The minimum absolute atomic E-state index is 0.138. The van der Waals surface area contributed by atoms with E-state index in [-0.39, 0.29) is 12.3 Å². The third-order valence-electron chi connectivity index (χ3n) is 5.66. The second-order valence-corrected chi connectivity index (χ2v) is 9.27. The van der Waals surface area contributed by atoms with Crippen LogP contribution in [0.4, 0.5) is 10.5 Å². The van der Waals surface area contributed by atoms with Crippen LogP contribution >= 0.6 is 0 Å². The van der Waals surface area contributed by atoms with Crippen molar-refractivity contribution in [2.45, 2.75) is 58.8 Å². The van der Waals surface area contributed by atoms with E-state index < -0.39 is 21.8 Å². The quantitative estimate of drug-likeness (QED) is 0.725. The summed E-state index contributed by atoms with van der Waals surface area (Å²) in [6.07, 6.45) is 5.79. The molecule has 0 saturated heterocycles. The molecule has 3 amide bonds. The van der Waals surface area contributed by atoms with Gasteiger partial charge in [0.1, 0.15) is 0 Å². The molecule has 8 heteroatoms. The number of fused-ring (bicyclic) bond motifs is 2. The first kappa shape index (κ1) is 20.6. The van der Waals surface area contributed by atoms with Crippen LogP contribution < -0.4 is 10.0 Å².